The quantitative estimate of drug-likeness (QED) is 0.499. The number of carbonyl (C=O) groups is 1. The lowest BCUT2D eigenvalue weighted by atomic mass is 9.99. The lowest BCUT2D eigenvalue weighted by Crippen LogP contribution is -2.36. The third kappa shape index (κ3) is 4.89. The van der Waals surface area contributed by atoms with Crippen molar-refractivity contribution in [3.8, 4) is 0 Å². The van der Waals surface area contributed by atoms with Crippen LogP contribution in [0.3, 0.4) is 0 Å². The van der Waals surface area contributed by atoms with E-state index in [1.807, 2.05) is 0 Å². The Kier molecular flexibility index (Phi) is 6.86. The summed E-state index contributed by atoms with van der Waals surface area (Å²) in [7, 11) is 0. The molecule has 7 nitrogen and oxygen atoms in total. The fraction of sp³-hybridized carbons (Fsp3) is 0.333. The Labute approximate surface area is 197 Å². The zero-order valence-electron chi connectivity index (χ0n) is 19.0. The van der Waals surface area contributed by atoms with Gasteiger partial charge in [-0.15, -0.1) is 0 Å². The number of hydrogen-bond donors (Lipinski definition) is 2. The number of rotatable bonds is 6. The molecule has 1 aromatic carbocycles. The van der Waals surface area contributed by atoms with E-state index in [0.717, 1.165) is 6.07 Å². The van der Waals surface area contributed by atoms with Crippen LogP contribution in [0.1, 0.15) is 48.3 Å². The summed E-state index contributed by atoms with van der Waals surface area (Å²) in [5.74, 6) is -0.966. The number of pyridine rings is 1. The summed E-state index contributed by atoms with van der Waals surface area (Å²) in [4.78, 5) is 37.1. The minimum atomic E-state index is -2.95. The maximum atomic E-state index is 14.7. The lowest BCUT2D eigenvalue weighted by Gasteiger charge is -2.25. The third-order valence-electron chi connectivity index (χ3n) is 5.96. The van der Waals surface area contributed by atoms with E-state index in [4.69, 9.17) is 0 Å². The molecular weight excluding hydrogens is 466 g/mol. The Morgan fingerprint density at radius 2 is 2.00 bits per heavy atom. The number of benzene rings is 1. The summed E-state index contributed by atoms with van der Waals surface area (Å²) >= 11 is 0. The van der Waals surface area contributed by atoms with Crippen LogP contribution >= 0.6 is 0 Å². The first-order chi connectivity index (χ1) is 16.7. The number of H-pyrrole nitrogens is 1. The van der Waals surface area contributed by atoms with Gasteiger partial charge >= 0.3 is 0 Å². The molecule has 4 rings (SSSR count). The third-order valence-corrected chi connectivity index (χ3v) is 5.96. The van der Waals surface area contributed by atoms with Gasteiger partial charge in [-0.05, 0) is 31.9 Å². The second kappa shape index (κ2) is 9.85. The standard InChI is InChI=1S/C24H23F4N5O2/c1-12(15-4-3-5-16(20(15)26)21(27)28)29-22-18-10-17(24(35)32-23(18)31-13(2)30-22)14-6-8-33(9-7-14)19(34)11-25/h3-6,10,12,21H,7-9,11H2,1-2H3,(H2,29,30,31,32,35)/t12-/m1/s1. The highest BCUT2D eigenvalue weighted by Crippen LogP contribution is 2.31. The van der Waals surface area contributed by atoms with Crippen LogP contribution in [0.4, 0.5) is 23.4 Å². The van der Waals surface area contributed by atoms with Gasteiger partial charge in [0.15, 0.2) is 6.67 Å². The molecule has 1 aliphatic heterocycles. The van der Waals surface area contributed by atoms with Crippen molar-refractivity contribution in [1.29, 1.82) is 0 Å². The molecule has 0 saturated heterocycles. The van der Waals surface area contributed by atoms with E-state index >= 15 is 0 Å². The van der Waals surface area contributed by atoms with Gasteiger partial charge in [-0.2, -0.15) is 0 Å². The number of nitrogens with one attached hydrogen (secondary N) is 2. The molecule has 3 heterocycles. The van der Waals surface area contributed by atoms with Crippen molar-refractivity contribution in [3.05, 3.63) is 69.0 Å². The summed E-state index contributed by atoms with van der Waals surface area (Å²) in [6, 6.07) is 4.70. The molecule has 184 valence electrons. The summed E-state index contributed by atoms with van der Waals surface area (Å²) in [6.07, 6.45) is -0.891. The molecule has 11 heteroatoms. The smallest absolute Gasteiger partial charge is 0.266 e. The molecule has 3 aromatic rings. The zero-order chi connectivity index (χ0) is 25.3. The summed E-state index contributed by atoms with van der Waals surface area (Å²) in [5, 5.41) is 3.51. The highest BCUT2D eigenvalue weighted by molar-refractivity contribution is 5.89. The minimum absolute atomic E-state index is 0.0458. The van der Waals surface area contributed by atoms with E-state index in [1.165, 1.54) is 17.0 Å². The number of aromatic nitrogens is 3. The Morgan fingerprint density at radius 1 is 1.26 bits per heavy atom. The molecule has 0 spiro atoms. The van der Waals surface area contributed by atoms with Crippen molar-refractivity contribution < 1.29 is 22.4 Å². The van der Waals surface area contributed by atoms with Gasteiger partial charge < -0.3 is 15.2 Å². The highest BCUT2D eigenvalue weighted by Gasteiger charge is 2.22. The van der Waals surface area contributed by atoms with Gasteiger partial charge in [0.25, 0.3) is 17.9 Å². The molecule has 0 saturated carbocycles. The first kappa shape index (κ1) is 24.4. The van der Waals surface area contributed by atoms with Gasteiger partial charge in [0.2, 0.25) is 0 Å². The zero-order valence-corrected chi connectivity index (χ0v) is 19.0. The summed E-state index contributed by atoms with van der Waals surface area (Å²) in [6.45, 7) is 2.62. The summed E-state index contributed by atoms with van der Waals surface area (Å²) < 4.78 is 53.7. The van der Waals surface area contributed by atoms with Gasteiger partial charge in [-0.25, -0.2) is 27.5 Å². The molecule has 1 atom stereocenters. The van der Waals surface area contributed by atoms with Crippen LogP contribution in [-0.4, -0.2) is 45.5 Å². The van der Waals surface area contributed by atoms with Crippen molar-refractivity contribution in [2.75, 3.05) is 25.1 Å². The second-order valence-electron chi connectivity index (χ2n) is 8.26. The topological polar surface area (TPSA) is 91.0 Å². The normalized spacial score (nSPS) is 14.8. The van der Waals surface area contributed by atoms with E-state index in [2.05, 4.69) is 20.3 Å². The van der Waals surface area contributed by atoms with E-state index in [0.29, 0.717) is 34.6 Å². The first-order valence-electron chi connectivity index (χ1n) is 11.0. The number of nitrogens with zero attached hydrogens (tertiary/aromatic N) is 3. The predicted octanol–water partition coefficient (Wildman–Crippen LogP) is 4.46. The number of carbonyl (C=O) groups excluding carboxylic acids is 1. The van der Waals surface area contributed by atoms with Crippen LogP contribution in [0, 0.1) is 12.7 Å². The SMILES string of the molecule is Cc1nc(N[C@H](C)c2cccc(C(F)F)c2F)c2cc(C3=CCN(C(=O)CF)CC3)c(=O)[nH]c2n1. The van der Waals surface area contributed by atoms with Gasteiger partial charge in [-0.1, -0.05) is 24.3 Å². The van der Waals surface area contributed by atoms with Gasteiger partial charge in [0.1, 0.15) is 23.1 Å². The predicted molar refractivity (Wildman–Crippen MR) is 123 cm³/mol. The fourth-order valence-electron chi connectivity index (χ4n) is 4.13. The van der Waals surface area contributed by atoms with E-state index in [9.17, 15) is 27.2 Å². The highest BCUT2D eigenvalue weighted by atomic mass is 19.3. The van der Waals surface area contributed by atoms with Gasteiger partial charge in [0, 0.05) is 24.2 Å². The first-order valence-corrected chi connectivity index (χ1v) is 11.0. The Balaban J connectivity index is 1.72. The van der Waals surface area contributed by atoms with Crippen LogP contribution in [0.25, 0.3) is 16.6 Å². The molecule has 2 aromatic heterocycles. The molecule has 0 bridgehead atoms. The Hall–Kier alpha value is -3.76. The maximum absolute atomic E-state index is 14.7. The van der Waals surface area contributed by atoms with Crippen molar-refractivity contribution >= 4 is 28.3 Å². The van der Waals surface area contributed by atoms with Gasteiger partial charge in [-0.3, -0.25) is 9.59 Å². The average molecular weight is 489 g/mol. The number of amides is 1. The van der Waals surface area contributed by atoms with Gasteiger partial charge in [0.05, 0.1) is 17.0 Å². The number of anilines is 1. The van der Waals surface area contributed by atoms with E-state index in [-0.39, 0.29) is 29.9 Å². The number of fused-ring (bicyclic) bond motifs is 1. The molecule has 2 N–H and O–H groups in total. The second-order valence-corrected chi connectivity index (χ2v) is 8.26. The monoisotopic (exact) mass is 489 g/mol. The summed E-state index contributed by atoms with van der Waals surface area (Å²) in [5.41, 5.74) is 0.265. The Morgan fingerprint density at radius 3 is 2.66 bits per heavy atom. The molecule has 0 fully saturated rings. The number of alkyl halides is 3. The molecule has 0 aliphatic carbocycles. The maximum Gasteiger partial charge on any atom is 0.266 e. The van der Waals surface area contributed by atoms with Crippen LogP contribution < -0.4 is 10.9 Å². The molecule has 35 heavy (non-hydrogen) atoms. The molecule has 1 amide bonds. The number of hydrogen-bond acceptors (Lipinski definition) is 5. The fourth-order valence-corrected chi connectivity index (χ4v) is 4.13. The number of halogens is 4. The van der Waals surface area contributed by atoms with Crippen LogP contribution in [0.2, 0.25) is 0 Å². The Bertz CT molecular complexity index is 1370. The largest absolute Gasteiger partial charge is 0.363 e. The number of aryl methyl sites for hydroxylation is 1. The minimum Gasteiger partial charge on any atom is -0.363 e. The van der Waals surface area contributed by atoms with Crippen molar-refractivity contribution in [1.82, 2.24) is 19.9 Å². The molecular formula is C24H23F4N5O2. The van der Waals surface area contributed by atoms with Crippen LogP contribution in [0.15, 0.2) is 35.1 Å². The van der Waals surface area contributed by atoms with E-state index in [1.54, 1.807) is 26.0 Å². The van der Waals surface area contributed by atoms with Crippen molar-refractivity contribution in [2.45, 2.75) is 32.7 Å². The van der Waals surface area contributed by atoms with Crippen molar-refractivity contribution in [2.24, 2.45) is 0 Å². The average Bonchev–Trinajstić information content (AvgIpc) is 2.83. The molecule has 0 radical (unpaired) electrons. The molecule has 1 aliphatic rings. The lowest BCUT2D eigenvalue weighted by molar-refractivity contribution is -0.131. The van der Waals surface area contributed by atoms with Crippen LogP contribution in [-0.2, 0) is 4.79 Å². The molecule has 0 unspecified atom stereocenters. The van der Waals surface area contributed by atoms with Crippen molar-refractivity contribution in [3.63, 3.8) is 0 Å². The van der Waals surface area contributed by atoms with E-state index < -0.39 is 36.4 Å². The van der Waals surface area contributed by atoms with Crippen LogP contribution in [0.5, 0.6) is 0 Å². The number of aromatic amines is 1.